The number of hydrogen-bond acceptors (Lipinski definition) is 4. The number of nitrogens with zero attached hydrogens (tertiary/aromatic N) is 4. The van der Waals surface area contributed by atoms with Crippen LogP contribution >= 0.6 is 11.6 Å². The van der Waals surface area contributed by atoms with E-state index < -0.39 is 0 Å². The van der Waals surface area contributed by atoms with E-state index in [1.54, 1.807) is 30.5 Å². The molecule has 0 bridgehead atoms. The lowest BCUT2D eigenvalue weighted by Gasteiger charge is -2.02. The maximum Gasteiger partial charge on any atom is 0.201 e. The molecule has 1 aromatic heterocycles. The fourth-order valence-corrected chi connectivity index (χ4v) is 2.01. The molecule has 5 nitrogen and oxygen atoms in total. The van der Waals surface area contributed by atoms with Gasteiger partial charge in [-0.25, -0.2) is 4.98 Å². The summed E-state index contributed by atoms with van der Waals surface area (Å²) in [6.45, 7) is 0. The summed E-state index contributed by atoms with van der Waals surface area (Å²) in [4.78, 5) is 4.17. The first-order chi connectivity index (χ1) is 11.8. The Hall–Kier alpha value is -3.05. The van der Waals surface area contributed by atoms with Crippen molar-refractivity contribution in [2.24, 2.45) is 15.3 Å². The van der Waals surface area contributed by atoms with Crippen LogP contribution in [0.25, 0.3) is 0 Å². The smallest absolute Gasteiger partial charge is 0.201 e. The number of rotatable bonds is 4. The minimum Gasteiger partial charge on any atom is -0.259 e. The van der Waals surface area contributed by atoms with E-state index in [1.165, 1.54) is 0 Å². The normalized spacial score (nSPS) is 11.6. The van der Waals surface area contributed by atoms with Crippen molar-refractivity contribution in [3.05, 3.63) is 89.6 Å². The number of anilines is 1. The summed E-state index contributed by atoms with van der Waals surface area (Å²) in [5, 5.41) is 13.4. The minimum absolute atomic E-state index is 0.455. The number of benzene rings is 2. The Bertz CT molecular complexity index is 830. The summed E-state index contributed by atoms with van der Waals surface area (Å²) >= 11 is 5.87. The lowest BCUT2D eigenvalue weighted by Crippen LogP contribution is -2.01. The predicted octanol–water partition coefficient (Wildman–Crippen LogP) is 5.29. The fraction of sp³-hybridized carbons (Fsp3) is 0. The van der Waals surface area contributed by atoms with Gasteiger partial charge in [0.25, 0.3) is 0 Å². The Balaban J connectivity index is 1.86. The molecule has 0 aliphatic heterocycles. The Morgan fingerprint density at radius 2 is 1.62 bits per heavy atom. The average Bonchev–Trinajstić information content (AvgIpc) is 2.65. The molecule has 24 heavy (non-hydrogen) atoms. The largest absolute Gasteiger partial charge is 0.259 e. The molecule has 3 rings (SSSR count). The predicted molar refractivity (Wildman–Crippen MR) is 96.8 cm³/mol. The first-order valence-corrected chi connectivity index (χ1v) is 7.66. The van der Waals surface area contributed by atoms with Gasteiger partial charge in [0.15, 0.2) is 0 Å². The van der Waals surface area contributed by atoms with E-state index >= 15 is 0 Å². The van der Waals surface area contributed by atoms with Crippen molar-refractivity contribution >= 4 is 28.9 Å². The van der Waals surface area contributed by atoms with Crippen LogP contribution in [0.1, 0.15) is 5.56 Å². The molecule has 0 radical (unpaired) electrons. The number of amidine groups is 1. The van der Waals surface area contributed by atoms with E-state index in [1.807, 2.05) is 48.5 Å². The topological polar surface area (TPSA) is 62.0 Å². The van der Waals surface area contributed by atoms with E-state index in [2.05, 4.69) is 25.7 Å². The fourth-order valence-electron chi connectivity index (χ4n) is 1.88. The van der Waals surface area contributed by atoms with Crippen LogP contribution in [-0.4, -0.2) is 10.8 Å². The Kier molecular flexibility index (Phi) is 5.27. The molecule has 0 saturated heterocycles. The lowest BCUT2D eigenvalue weighted by molar-refractivity contribution is 1.19. The van der Waals surface area contributed by atoms with Gasteiger partial charge >= 0.3 is 0 Å². The second-order valence-electron chi connectivity index (χ2n) is 4.80. The molecule has 0 fully saturated rings. The van der Waals surface area contributed by atoms with Crippen LogP contribution in [0.15, 0.2) is 94.3 Å². The second kappa shape index (κ2) is 7.99. The zero-order chi connectivity index (χ0) is 16.6. The van der Waals surface area contributed by atoms with Crippen molar-refractivity contribution in [1.82, 2.24) is 4.98 Å². The van der Waals surface area contributed by atoms with Gasteiger partial charge in [0, 0.05) is 16.8 Å². The van der Waals surface area contributed by atoms with Gasteiger partial charge in [-0.2, -0.15) is 5.10 Å². The number of aromatic nitrogens is 1. The number of pyridine rings is 1. The van der Waals surface area contributed by atoms with Gasteiger partial charge in [0.2, 0.25) is 5.84 Å². The van der Waals surface area contributed by atoms with Gasteiger partial charge in [-0.3, -0.25) is 5.43 Å². The SMILES string of the molecule is Clc1ccc(/N=N/C(=N/Nc2ccccn2)c2ccccc2)cc1. The van der Waals surface area contributed by atoms with E-state index in [0.717, 1.165) is 5.56 Å². The van der Waals surface area contributed by atoms with Crippen LogP contribution in [0.2, 0.25) is 5.02 Å². The molecule has 3 aromatic rings. The highest BCUT2D eigenvalue weighted by Gasteiger charge is 2.02. The zero-order valence-electron chi connectivity index (χ0n) is 12.7. The van der Waals surface area contributed by atoms with Gasteiger partial charge in [0.05, 0.1) is 5.69 Å². The van der Waals surface area contributed by atoms with Crippen molar-refractivity contribution in [3.63, 3.8) is 0 Å². The number of nitrogens with one attached hydrogen (secondary N) is 1. The van der Waals surface area contributed by atoms with Gasteiger partial charge in [-0.15, -0.1) is 10.2 Å². The van der Waals surface area contributed by atoms with Crippen molar-refractivity contribution < 1.29 is 0 Å². The van der Waals surface area contributed by atoms with Gasteiger partial charge < -0.3 is 0 Å². The molecule has 0 atom stereocenters. The molecule has 0 aliphatic carbocycles. The summed E-state index contributed by atoms with van der Waals surface area (Å²) in [6.07, 6.45) is 1.69. The van der Waals surface area contributed by atoms with Crippen molar-refractivity contribution in [3.8, 4) is 0 Å². The Morgan fingerprint density at radius 1 is 0.875 bits per heavy atom. The minimum atomic E-state index is 0.455. The monoisotopic (exact) mass is 335 g/mol. The molecule has 2 aromatic carbocycles. The quantitative estimate of drug-likeness (QED) is 0.304. The van der Waals surface area contributed by atoms with Gasteiger partial charge in [0.1, 0.15) is 5.82 Å². The first kappa shape index (κ1) is 15.8. The number of hydrogen-bond donors (Lipinski definition) is 1. The molecule has 118 valence electrons. The maximum absolute atomic E-state index is 5.87. The maximum atomic E-state index is 5.87. The highest BCUT2D eigenvalue weighted by atomic mass is 35.5. The summed E-state index contributed by atoms with van der Waals surface area (Å²) in [7, 11) is 0. The molecule has 1 heterocycles. The van der Waals surface area contributed by atoms with E-state index in [-0.39, 0.29) is 0 Å². The van der Waals surface area contributed by atoms with Crippen molar-refractivity contribution in [1.29, 1.82) is 0 Å². The highest BCUT2D eigenvalue weighted by Crippen LogP contribution is 2.17. The van der Waals surface area contributed by atoms with Crippen LogP contribution in [-0.2, 0) is 0 Å². The standard InChI is InChI=1S/C18H14ClN5/c19-15-9-11-16(12-10-15)21-23-18(14-6-2-1-3-7-14)24-22-17-8-4-5-13-20-17/h1-13H,(H,20,22)/b23-21+,24-18+. The molecule has 0 spiro atoms. The molecule has 0 amide bonds. The Morgan fingerprint density at radius 3 is 2.33 bits per heavy atom. The molecule has 0 aliphatic rings. The van der Waals surface area contributed by atoms with Crippen LogP contribution in [0.4, 0.5) is 11.5 Å². The molecule has 6 heteroatoms. The third-order valence-electron chi connectivity index (χ3n) is 3.06. The summed E-state index contributed by atoms with van der Waals surface area (Å²) in [5.74, 6) is 1.09. The van der Waals surface area contributed by atoms with Crippen LogP contribution < -0.4 is 5.43 Å². The Labute approximate surface area is 144 Å². The second-order valence-corrected chi connectivity index (χ2v) is 5.24. The number of azo groups is 1. The van der Waals surface area contributed by atoms with Crippen molar-refractivity contribution in [2.45, 2.75) is 0 Å². The number of halogens is 1. The van der Waals surface area contributed by atoms with E-state index in [0.29, 0.717) is 22.4 Å². The third-order valence-corrected chi connectivity index (χ3v) is 3.31. The molecular weight excluding hydrogens is 322 g/mol. The van der Waals surface area contributed by atoms with Crippen LogP contribution in [0.3, 0.4) is 0 Å². The van der Waals surface area contributed by atoms with Crippen LogP contribution in [0, 0.1) is 0 Å². The van der Waals surface area contributed by atoms with Gasteiger partial charge in [-0.05, 0) is 36.4 Å². The highest BCUT2D eigenvalue weighted by molar-refractivity contribution is 6.30. The number of hydrazone groups is 1. The molecule has 1 N–H and O–H groups in total. The lowest BCUT2D eigenvalue weighted by atomic mass is 10.2. The molecule has 0 unspecified atom stereocenters. The van der Waals surface area contributed by atoms with Gasteiger partial charge in [-0.1, -0.05) is 48.0 Å². The summed E-state index contributed by atoms with van der Waals surface area (Å²) in [6, 6.07) is 22.3. The first-order valence-electron chi connectivity index (χ1n) is 7.29. The average molecular weight is 336 g/mol. The zero-order valence-corrected chi connectivity index (χ0v) is 13.4. The molecular formula is C18H14ClN5. The molecule has 0 saturated carbocycles. The van der Waals surface area contributed by atoms with Crippen LogP contribution in [0.5, 0.6) is 0 Å². The van der Waals surface area contributed by atoms with E-state index in [4.69, 9.17) is 11.6 Å². The summed E-state index contributed by atoms with van der Waals surface area (Å²) < 4.78 is 0. The van der Waals surface area contributed by atoms with Crippen molar-refractivity contribution in [2.75, 3.05) is 5.43 Å². The van der Waals surface area contributed by atoms with E-state index in [9.17, 15) is 0 Å². The summed E-state index contributed by atoms with van der Waals surface area (Å²) in [5.41, 5.74) is 4.43. The third kappa shape index (κ3) is 4.47.